The Kier molecular flexibility index (Phi) is 9.11. The van der Waals surface area contributed by atoms with Crippen LogP contribution in [0.1, 0.15) is 44.9 Å². The van der Waals surface area contributed by atoms with Gasteiger partial charge in [-0.05, 0) is 36.6 Å². The molecule has 1 aromatic heterocycles. The Bertz CT molecular complexity index is 1260. The van der Waals surface area contributed by atoms with Crippen molar-refractivity contribution < 1.29 is 14.3 Å². The number of aromatic nitrogens is 2. The van der Waals surface area contributed by atoms with Gasteiger partial charge in [0.25, 0.3) is 0 Å². The molecular weight excluding hydrogens is 511 g/mol. The molecule has 9 heteroatoms. The molecule has 1 fully saturated rings. The molecule has 0 bridgehead atoms. The van der Waals surface area contributed by atoms with E-state index >= 15 is 0 Å². The van der Waals surface area contributed by atoms with E-state index in [1.165, 1.54) is 25.3 Å². The zero-order chi connectivity index (χ0) is 26.4. The summed E-state index contributed by atoms with van der Waals surface area (Å²) in [6, 6.07) is 7.45. The van der Waals surface area contributed by atoms with E-state index in [0.29, 0.717) is 33.1 Å². The minimum Gasteiger partial charge on any atom is -0.495 e. The molecule has 0 radical (unpaired) electrons. The number of halogens is 2. The predicted molar refractivity (Wildman–Crippen MR) is 150 cm³/mol. The second-order valence-electron chi connectivity index (χ2n) is 9.17. The molecule has 1 saturated carbocycles. The fourth-order valence-corrected chi connectivity index (χ4v) is 5.53. The van der Waals surface area contributed by atoms with Gasteiger partial charge in [-0.1, -0.05) is 68.0 Å². The van der Waals surface area contributed by atoms with Crippen LogP contribution < -0.4 is 20.1 Å². The van der Waals surface area contributed by atoms with Crippen LogP contribution in [-0.4, -0.2) is 42.2 Å². The standard InChI is InChI=1S/C28H32Cl2N4O3/c1-4-24(35)32-20-10-8-6-5-7-9-11-21(20)34-28-31-16-18-14-17(12-13-19(18)33-28)25-26(29)22(36-2)15-23(37-3)27(25)30/h4,12-16,20-21H,1,5-11H2,2-3H3,(H,32,35)(H,31,33,34)/t20?,21-/m0/s1. The van der Waals surface area contributed by atoms with Crippen LogP contribution in [0.25, 0.3) is 22.0 Å². The van der Waals surface area contributed by atoms with Crippen molar-refractivity contribution in [3.8, 4) is 22.6 Å². The first-order valence-electron chi connectivity index (χ1n) is 12.5. The van der Waals surface area contributed by atoms with Crippen LogP contribution in [0, 0.1) is 0 Å². The summed E-state index contributed by atoms with van der Waals surface area (Å²) in [5, 5.41) is 8.24. The maximum absolute atomic E-state index is 12.1. The van der Waals surface area contributed by atoms with Crippen molar-refractivity contribution in [2.24, 2.45) is 0 Å². The fourth-order valence-electron chi connectivity index (χ4n) is 4.81. The highest BCUT2D eigenvalue weighted by atomic mass is 35.5. The quantitative estimate of drug-likeness (QED) is 0.318. The summed E-state index contributed by atoms with van der Waals surface area (Å²) in [5.74, 6) is 1.32. The van der Waals surface area contributed by atoms with Gasteiger partial charge in [-0.15, -0.1) is 0 Å². The van der Waals surface area contributed by atoms with Gasteiger partial charge in [0.2, 0.25) is 11.9 Å². The first-order valence-corrected chi connectivity index (χ1v) is 13.3. The zero-order valence-electron chi connectivity index (χ0n) is 21.2. The molecule has 1 aliphatic carbocycles. The third-order valence-corrected chi connectivity index (χ3v) is 7.54. The highest BCUT2D eigenvalue weighted by molar-refractivity contribution is 6.41. The number of fused-ring (bicyclic) bond motifs is 1. The number of carbonyl (C=O) groups excluding carboxylic acids is 1. The van der Waals surface area contributed by atoms with Crippen LogP contribution in [0.4, 0.5) is 5.95 Å². The number of hydrogen-bond donors (Lipinski definition) is 2. The third-order valence-electron chi connectivity index (χ3n) is 6.79. The van der Waals surface area contributed by atoms with Crippen molar-refractivity contribution in [1.82, 2.24) is 15.3 Å². The average molecular weight is 543 g/mol. The molecule has 0 spiro atoms. The number of amides is 1. The largest absolute Gasteiger partial charge is 0.495 e. The molecule has 0 aliphatic heterocycles. The van der Waals surface area contributed by atoms with Gasteiger partial charge >= 0.3 is 0 Å². The van der Waals surface area contributed by atoms with E-state index in [0.717, 1.165) is 42.1 Å². The first-order chi connectivity index (χ1) is 17.9. The number of nitrogens with one attached hydrogen (secondary N) is 2. The van der Waals surface area contributed by atoms with Crippen molar-refractivity contribution in [2.45, 2.75) is 57.0 Å². The number of rotatable bonds is 7. The van der Waals surface area contributed by atoms with Gasteiger partial charge in [0.05, 0.1) is 29.8 Å². The Morgan fingerprint density at radius 2 is 1.65 bits per heavy atom. The minimum atomic E-state index is -0.158. The SMILES string of the molecule is C=CC(=O)NC1CCCCCCC[C@@H]1Nc1ncc2cc(-c3c(Cl)c(OC)cc(OC)c3Cl)ccc2n1. The summed E-state index contributed by atoms with van der Waals surface area (Å²) in [7, 11) is 3.10. The molecule has 4 rings (SSSR count). The van der Waals surface area contributed by atoms with Crippen LogP contribution >= 0.6 is 23.2 Å². The monoisotopic (exact) mass is 542 g/mol. The molecule has 1 unspecified atom stereocenters. The number of anilines is 1. The highest BCUT2D eigenvalue weighted by Gasteiger charge is 2.24. The molecule has 7 nitrogen and oxygen atoms in total. The van der Waals surface area contributed by atoms with Gasteiger partial charge in [-0.2, -0.15) is 0 Å². The van der Waals surface area contributed by atoms with Gasteiger partial charge in [-0.3, -0.25) is 4.79 Å². The molecule has 2 N–H and O–H groups in total. The van der Waals surface area contributed by atoms with Gasteiger partial charge < -0.3 is 20.1 Å². The third kappa shape index (κ3) is 6.28. The number of nitrogens with zero attached hydrogens (tertiary/aromatic N) is 2. The van der Waals surface area contributed by atoms with E-state index in [4.69, 9.17) is 37.7 Å². The number of methoxy groups -OCH3 is 2. The maximum Gasteiger partial charge on any atom is 0.243 e. The summed E-state index contributed by atoms with van der Waals surface area (Å²) in [6.45, 7) is 3.60. The lowest BCUT2D eigenvalue weighted by molar-refractivity contribution is -0.117. The van der Waals surface area contributed by atoms with Gasteiger partial charge in [0, 0.05) is 35.3 Å². The second-order valence-corrected chi connectivity index (χ2v) is 9.92. The summed E-state index contributed by atoms with van der Waals surface area (Å²) in [6.07, 6.45) is 10.7. The lowest BCUT2D eigenvalue weighted by Crippen LogP contribution is -2.46. The Labute approximate surface area is 227 Å². The Balaban J connectivity index is 1.63. The minimum absolute atomic E-state index is 0.0161. The summed E-state index contributed by atoms with van der Waals surface area (Å²) in [5.41, 5.74) is 2.20. The number of benzene rings is 2. The fraction of sp³-hybridized carbons (Fsp3) is 0.393. The summed E-state index contributed by atoms with van der Waals surface area (Å²) < 4.78 is 10.8. The molecule has 1 heterocycles. The Morgan fingerprint density at radius 1 is 1.00 bits per heavy atom. The van der Waals surface area contributed by atoms with Crippen LogP contribution in [0.5, 0.6) is 11.5 Å². The molecule has 0 saturated heterocycles. The molecule has 2 aromatic carbocycles. The van der Waals surface area contributed by atoms with E-state index in [1.807, 2.05) is 18.2 Å². The van der Waals surface area contributed by atoms with E-state index < -0.39 is 0 Å². The van der Waals surface area contributed by atoms with Crippen molar-refractivity contribution in [3.05, 3.63) is 53.2 Å². The molecule has 3 aromatic rings. The van der Waals surface area contributed by atoms with Crippen molar-refractivity contribution in [2.75, 3.05) is 19.5 Å². The molecule has 196 valence electrons. The van der Waals surface area contributed by atoms with E-state index in [9.17, 15) is 4.79 Å². The Hall–Kier alpha value is -3.03. The van der Waals surface area contributed by atoms with Crippen LogP contribution in [0.15, 0.2) is 43.1 Å². The topological polar surface area (TPSA) is 85.4 Å². The van der Waals surface area contributed by atoms with E-state index in [1.54, 1.807) is 26.5 Å². The van der Waals surface area contributed by atoms with Gasteiger partial charge in [0.15, 0.2) is 0 Å². The van der Waals surface area contributed by atoms with Gasteiger partial charge in [0.1, 0.15) is 11.5 Å². The van der Waals surface area contributed by atoms with E-state index in [-0.39, 0.29) is 18.0 Å². The van der Waals surface area contributed by atoms with E-state index in [2.05, 4.69) is 22.2 Å². The summed E-state index contributed by atoms with van der Waals surface area (Å²) in [4.78, 5) is 21.4. The molecule has 2 atom stereocenters. The van der Waals surface area contributed by atoms with Gasteiger partial charge in [-0.25, -0.2) is 9.97 Å². The normalized spacial score (nSPS) is 18.3. The lowest BCUT2D eigenvalue weighted by Gasteiger charge is -2.28. The molecule has 1 amide bonds. The molecule has 1 aliphatic rings. The Morgan fingerprint density at radius 3 is 2.30 bits per heavy atom. The number of ether oxygens (including phenoxy) is 2. The maximum atomic E-state index is 12.1. The van der Waals surface area contributed by atoms with Crippen LogP contribution in [0.2, 0.25) is 10.0 Å². The highest BCUT2D eigenvalue weighted by Crippen LogP contribution is 2.46. The summed E-state index contributed by atoms with van der Waals surface area (Å²) >= 11 is 13.2. The molecular formula is C28H32Cl2N4O3. The number of carbonyl (C=O) groups is 1. The predicted octanol–water partition coefficient (Wildman–Crippen LogP) is 6.82. The number of hydrogen-bond acceptors (Lipinski definition) is 6. The first kappa shape index (κ1) is 27.0. The van der Waals surface area contributed by atoms with Crippen molar-refractivity contribution in [1.29, 1.82) is 0 Å². The molecule has 37 heavy (non-hydrogen) atoms. The van der Waals surface area contributed by atoms with Crippen molar-refractivity contribution in [3.63, 3.8) is 0 Å². The van der Waals surface area contributed by atoms with Crippen LogP contribution in [-0.2, 0) is 4.79 Å². The smallest absolute Gasteiger partial charge is 0.243 e. The zero-order valence-corrected chi connectivity index (χ0v) is 22.7. The van der Waals surface area contributed by atoms with Crippen molar-refractivity contribution >= 4 is 46.0 Å². The van der Waals surface area contributed by atoms with Crippen LogP contribution in [0.3, 0.4) is 0 Å². The lowest BCUT2D eigenvalue weighted by atomic mass is 9.99. The average Bonchev–Trinajstić information content (AvgIpc) is 3.01. The second kappa shape index (κ2) is 12.5.